The number of hydrogen-bond acceptors (Lipinski definition) is 3. The molecule has 0 saturated heterocycles. The van der Waals surface area contributed by atoms with Gasteiger partial charge in [-0.05, 0) is 37.8 Å². The summed E-state index contributed by atoms with van der Waals surface area (Å²) in [6.07, 6.45) is 6.43. The van der Waals surface area contributed by atoms with Gasteiger partial charge in [-0.1, -0.05) is 0 Å². The average Bonchev–Trinajstić information content (AvgIpc) is 2.31. The van der Waals surface area contributed by atoms with Crippen LogP contribution >= 0.6 is 11.8 Å². The molecule has 0 aliphatic heterocycles. The Morgan fingerprint density at radius 2 is 2.19 bits per heavy atom. The van der Waals surface area contributed by atoms with Gasteiger partial charge >= 0.3 is 0 Å². The number of nitrogens with zero attached hydrogens (tertiary/aromatic N) is 1. The highest BCUT2D eigenvalue weighted by Crippen LogP contribution is 2.05. The molecule has 0 atom stereocenters. The molecule has 0 fully saturated rings. The Labute approximate surface area is 101 Å². The molecule has 90 valence electrons. The maximum atomic E-state index is 11.4. The lowest BCUT2D eigenvalue weighted by atomic mass is 10.3. The third-order valence-corrected chi connectivity index (χ3v) is 3.13. The number of hydrogen-bond donors (Lipinski definition) is 1. The molecule has 1 aromatic heterocycles. The number of pyridine rings is 1. The van der Waals surface area contributed by atoms with E-state index in [1.165, 1.54) is 18.6 Å². The number of aromatic nitrogens is 1. The maximum Gasteiger partial charge on any atom is 0.250 e. The molecule has 0 radical (unpaired) electrons. The van der Waals surface area contributed by atoms with Crippen LogP contribution in [0.15, 0.2) is 23.1 Å². The second-order valence-corrected chi connectivity index (χ2v) is 4.65. The summed E-state index contributed by atoms with van der Waals surface area (Å²) in [6.45, 7) is 3.67. The van der Waals surface area contributed by atoms with Crippen LogP contribution in [0.25, 0.3) is 0 Å². The monoisotopic (exact) mass is 240 g/mol. The van der Waals surface area contributed by atoms with Crippen LogP contribution < -0.4 is 10.9 Å². The van der Waals surface area contributed by atoms with Gasteiger partial charge < -0.3 is 9.88 Å². The van der Waals surface area contributed by atoms with E-state index in [2.05, 4.69) is 11.6 Å². The first-order chi connectivity index (χ1) is 7.77. The first-order valence-electron chi connectivity index (χ1n) is 5.71. The molecule has 3 nitrogen and oxygen atoms in total. The van der Waals surface area contributed by atoms with Crippen LogP contribution in [0.4, 0.5) is 5.69 Å². The minimum atomic E-state index is 0.0652. The molecule has 1 rings (SSSR count). The van der Waals surface area contributed by atoms with Crippen molar-refractivity contribution in [3.8, 4) is 0 Å². The molecule has 0 spiro atoms. The van der Waals surface area contributed by atoms with E-state index in [0.717, 1.165) is 18.8 Å². The lowest BCUT2D eigenvalue weighted by Crippen LogP contribution is -2.18. The summed E-state index contributed by atoms with van der Waals surface area (Å²) < 4.78 is 1.71. The predicted octanol–water partition coefficient (Wildman–Crippen LogP) is 2.42. The number of anilines is 1. The van der Waals surface area contributed by atoms with Crippen molar-refractivity contribution in [2.24, 2.45) is 0 Å². The van der Waals surface area contributed by atoms with Gasteiger partial charge in [0.15, 0.2) is 0 Å². The summed E-state index contributed by atoms with van der Waals surface area (Å²) in [6, 6.07) is 3.47. The van der Waals surface area contributed by atoms with Crippen molar-refractivity contribution in [2.45, 2.75) is 26.3 Å². The fourth-order valence-electron chi connectivity index (χ4n) is 1.49. The predicted molar refractivity (Wildman–Crippen MR) is 72.5 cm³/mol. The van der Waals surface area contributed by atoms with Crippen molar-refractivity contribution in [3.63, 3.8) is 0 Å². The molecular formula is C12H20N2OS. The van der Waals surface area contributed by atoms with Crippen molar-refractivity contribution >= 4 is 17.4 Å². The van der Waals surface area contributed by atoms with E-state index in [0.29, 0.717) is 0 Å². The first-order valence-corrected chi connectivity index (χ1v) is 7.10. The third kappa shape index (κ3) is 4.31. The number of rotatable bonds is 7. The Morgan fingerprint density at radius 3 is 2.88 bits per heavy atom. The minimum Gasteiger partial charge on any atom is -0.384 e. The highest BCUT2D eigenvalue weighted by Gasteiger charge is 1.96. The summed E-state index contributed by atoms with van der Waals surface area (Å²) in [4.78, 5) is 11.4. The molecule has 1 aromatic rings. The van der Waals surface area contributed by atoms with Crippen LogP contribution in [0.1, 0.15) is 19.8 Å². The van der Waals surface area contributed by atoms with Crippen molar-refractivity contribution in [1.82, 2.24) is 4.57 Å². The van der Waals surface area contributed by atoms with E-state index in [1.54, 1.807) is 10.6 Å². The van der Waals surface area contributed by atoms with Gasteiger partial charge in [-0.15, -0.1) is 0 Å². The minimum absolute atomic E-state index is 0.0652. The summed E-state index contributed by atoms with van der Waals surface area (Å²) in [7, 11) is 0. The summed E-state index contributed by atoms with van der Waals surface area (Å²) in [5.74, 6) is 1.22. The Kier molecular flexibility index (Phi) is 6.08. The standard InChI is InChI=1S/C12H20N2OS/c1-3-14-10-11(6-7-12(14)15)13-8-4-5-9-16-2/h6-7,10,13H,3-5,8-9H2,1-2H3. The molecule has 0 aliphatic rings. The van der Waals surface area contributed by atoms with Gasteiger partial charge in [0.1, 0.15) is 0 Å². The van der Waals surface area contributed by atoms with E-state index in [1.807, 2.05) is 30.9 Å². The molecule has 4 heteroatoms. The van der Waals surface area contributed by atoms with Gasteiger partial charge in [0.25, 0.3) is 5.56 Å². The zero-order chi connectivity index (χ0) is 11.8. The molecule has 1 heterocycles. The topological polar surface area (TPSA) is 34.0 Å². The number of nitrogens with one attached hydrogen (secondary N) is 1. The fraction of sp³-hybridized carbons (Fsp3) is 0.583. The molecule has 0 aliphatic carbocycles. The van der Waals surface area contributed by atoms with Gasteiger partial charge in [0.05, 0.1) is 5.69 Å². The molecule has 0 amide bonds. The third-order valence-electron chi connectivity index (χ3n) is 2.43. The maximum absolute atomic E-state index is 11.4. The second-order valence-electron chi connectivity index (χ2n) is 3.67. The molecule has 16 heavy (non-hydrogen) atoms. The molecule has 0 saturated carbocycles. The van der Waals surface area contributed by atoms with Crippen LogP contribution in [0.2, 0.25) is 0 Å². The lowest BCUT2D eigenvalue weighted by Gasteiger charge is -2.08. The van der Waals surface area contributed by atoms with E-state index < -0.39 is 0 Å². The average molecular weight is 240 g/mol. The highest BCUT2D eigenvalue weighted by molar-refractivity contribution is 7.98. The van der Waals surface area contributed by atoms with Gasteiger partial charge in [0.2, 0.25) is 0 Å². The smallest absolute Gasteiger partial charge is 0.250 e. The Balaban J connectivity index is 2.39. The Morgan fingerprint density at radius 1 is 1.38 bits per heavy atom. The first kappa shape index (κ1) is 13.2. The molecule has 0 bridgehead atoms. The fourth-order valence-corrected chi connectivity index (χ4v) is 1.98. The van der Waals surface area contributed by atoms with Crippen molar-refractivity contribution in [2.75, 3.05) is 23.9 Å². The summed E-state index contributed by atoms with van der Waals surface area (Å²) >= 11 is 1.88. The largest absolute Gasteiger partial charge is 0.384 e. The van der Waals surface area contributed by atoms with Crippen molar-refractivity contribution < 1.29 is 0 Å². The van der Waals surface area contributed by atoms with E-state index >= 15 is 0 Å². The van der Waals surface area contributed by atoms with Gasteiger partial charge in [0, 0.05) is 25.4 Å². The Hall–Kier alpha value is -0.900. The van der Waals surface area contributed by atoms with Crippen molar-refractivity contribution in [1.29, 1.82) is 0 Å². The zero-order valence-electron chi connectivity index (χ0n) is 10.0. The van der Waals surface area contributed by atoms with Crippen LogP contribution in [0.5, 0.6) is 0 Å². The van der Waals surface area contributed by atoms with Crippen LogP contribution in [0, 0.1) is 0 Å². The molecular weight excluding hydrogens is 220 g/mol. The normalized spacial score (nSPS) is 10.4. The summed E-state index contributed by atoms with van der Waals surface area (Å²) in [5.41, 5.74) is 1.10. The quantitative estimate of drug-likeness (QED) is 0.743. The second kappa shape index (κ2) is 7.39. The lowest BCUT2D eigenvalue weighted by molar-refractivity contribution is 0.726. The zero-order valence-corrected chi connectivity index (χ0v) is 10.8. The van der Waals surface area contributed by atoms with Gasteiger partial charge in [-0.25, -0.2) is 0 Å². The number of thioether (sulfide) groups is 1. The van der Waals surface area contributed by atoms with Gasteiger partial charge in [-0.2, -0.15) is 11.8 Å². The molecule has 0 unspecified atom stereocenters. The Bertz CT molecular complexity index is 362. The van der Waals surface area contributed by atoms with Crippen LogP contribution in [-0.4, -0.2) is 23.1 Å². The summed E-state index contributed by atoms with van der Waals surface area (Å²) in [5, 5.41) is 3.34. The number of aryl methyl sites for hydroxylation is 1. The SMILES string of the molecule is CCn1cc(NCCCCSC)ccc1=O. The molecule has 1 N–H and O–H groups in total. The van der Waals surface area contributed by atoms with Crippen LogP contribution in [-0.2, 0) is 6.54 Å². The molecule has 0 aromatic carbocycles. The van der Waals surface area contributed by atoms with E-state index in [4.69, 9.17) is 0 Å². The number of unbranched alkanes of at least 4 members (excludes halogenated alkanes) is 1. The van der Waals surface area contributed by atoms with Crippen molar-refractivity contribution in [3.05, 3.63) is 28.7 Å². The highest BCUT2D eigenvalue weighted by atomic mass is 32.2. The van der Waals surface area contributed by atoms with E-state index in [-0.39, 0.29) is 5.56 Å². The van der Waals surface area contributed by atoms with E-state index in [9.17, 15) is 4.79 Å². The van der Waals surface area contributed by atoms with Gasteiger partial charge in [-0.3, -0.25) is 4.79 Å². The van der Waals surface area contributed by atoms with Crippen LogP contribution in [0.3, 0.4) is 0 Å².